The number of benzene rings is 8. The molecule has 1 heterocycles. The molecule has 63 heavy (non-hydrogen) atoms. The first kappa shape index (κ1) is 40.3. The van der Waals surface area contributed by atoms with Crippen LogP contribution < -0.4 is 10.4 Å². The molecule has 0 radical (unpaired) electrons. The minimum absolute atomic E-state index is 0.501. The molecule has 1 aliphatic rings. The van der Waals surface area contributed by atoms with Crippen LogP contribution >= 0.6 is 0 Å². The lowest BCUT2D eigenvalue weighted by Crippen LogP contribution is -2.39. The van der Waals surface area contributed by atoms with Gasteiger partial charge in [-0.05, 0) is 67.8 Å². The maximum atomic E-state index is 5.16. The van der Waals surface area contributed by atoms with Gasteiger partial charge in [0.05, 0.1) is 21.6 Å². The molecule has 1 aliphatic carbocycles. The minimum Gasteiger partial charge on any atom is -0.208 e. The van der Waals surface area contributed by atoms with Crippen molar-refractivity contribution in [3.8, 4) is 67.5 Å². The maximum Gasteiger partial charge on any atom is 0.164 e. The van der Waals surface area contributed by atoms with Crippen molar-refractivity contribution in [1.82, 2.24) is 15.0 Å². The molecule has 8 aromatic carbocycles. The number of fused-ring (bicyclic) bond motifs is 3. The average Bonchev–Trinajstić information content (AvgIpc) is 3.62. The zero-order valence-corrected chi connectivity index (χ0v) is 38.9. The highest BCUT2D eigenvalue weighted by Gasteiger charge is 2.46. The summed E-state index contributed by atoms with van der Waals surface area (Å²) in [5, 5.41) is 2.93. The summed E-state index contributed by atoms with van der Waals surface area (Å²) >= 11 is 0. The smallest absolute Gasteiger partial charge is 0.164 e. The van der Waals surface area contributed by atoms with Crippen LogP contribution in [0.2, 0.25) is 39.3 Å². The van der Waals surface area contributed by atoms with Gasteiger partial charge in [-0.3, -0.25) is 0 Å². The molecule has 10 rings (SSSR count). The molecular weight excluding hydrogens is 795 g/mol. The third-order valence-electron chi connectivity index (χ3n) is 12.8. The largest absolute Gasteiger partial charge is 0.208 e. The van der Waals surface area contributed by atoms with Crippen LogP contribution in [0, 0.1) is 0 Å². The van der Waals surface area contributed by atoms with E-state index in [1.165, 1.54) is 49.3 Å². The summed E-state index contributed by atoms with van der Waals surface area (Å²) in [5.41, 5.74) is 14.7. The summed E-state index contributed by atoms with van der Waals surface area (Å²) in [4.78, 5) is 15.3. The van der Waals surface area contributed by atoms with Gasteiger partial charge in [-0.15, -0.1) is 0 Å². The Hall–Kier alpha value is -6.80. The number of aromatic nitrogens is 3. The standard InChI is InChI=1S/C58H51N3Si2/c1-62(2,3)49-33-29-47(30-34-49)58(48-31-35-50(36-32-48)63(4,5)6)53-23-14-13-22-51(53)52-37-28-45(39-54(52)58)44-20-15-21-46(38-44)57-60-55(42-18-11-8-12-19-42)59-56(61-57)43-26-24-41(25-27-43)40-16-9-7-10-17-40/h7-39H,1-6H3. The first-order valence-corrected chi connectivity index (χ1v) is 29.0. The third-order valence-corrected chi connectivity index (χ3v) is 16.9. The van der Waals surface area contributed by atoms with E-state index in [1.807, 2.05) is 24.3 Å². The van der Waals surface area contributed by atoms with Crippen molar-refractivity contribution in [3.05, 3.63) is 222 Å². The molecule has 0 saturated heterocycles. The van der Waals surface area contributed by atoms with Crippen LogP contribution in [0.5, 0.6) is 0 Å². The maximum absolute atomic E-state index is 5.16. The fourth-order valence-electron chi connectivity index (χ4n) is 9.32. The lowest BCUT2D eigenvalue weighted by atomic mass is 9.67. The lowest BCUT2D eigenvalue weighted by molar-refractivity contribution is 0.769. The van der Waals surface area contributed by atoms with E-state index >= 15 is 0 Å². The fourth-order valence-corrected chi connectivity index (χ4v) is 11.7. The van der Waals surface area contributed by atoms with E-state index in [0.717, 1.165) is 33.4 Å². The van der Waals surface area contributed by atoms with Gasteiger partial charge >= 0.3 is 0 Å². The average molecular weight is 846 g/mol. The summed E-state index contributed by atoms with van der Waals surface area (Å²) in [6.07, 6.45) is 0. The van der Waals surface area contributed by atoms with Gasteiger partial charge in [-0.1, -0.05) is 238 Å². The zero-order chi connectivity index (χ0) is 43.3. The molecule has 3 nitrogen and oxygen atoms in total. The van der Waals surface area contributed by atoms with E-state index < -0.39 is 21.6 Å². The van der Waals surface area contributed by atoms with E-state index in [9.17, 15) is 0 Å². The number of nitrogens with zero attached hydrogens (tertiary/aromatic N) is 3. The van der Waals surface area contributed by atoms with Gasteiger partial charge in [-0.25, -0.2) is 15.0 Å². The van der Waals surface area contributed by atoms with Gasteiger partial charge < -0.3 is 0 Å². The van der Waals surface area contributed by atoms with Gasteiger partial charge in [0.1, 0.15) is 0 Å². The van der Waals surface area contributed by atoms with Crippen LogP contribution in [0.4, 0.5) is 0 Å². The van der Waals surface area contributed by atoms with Gasteiger partial charge in [0.25, 0.3) is 0 Å². The van der Waals surface area contributed by atoms with Crippen molar-refractivity contribution in [2.45, 2.75) is 44.7 Å². The Morgan fingerprint density at radius 1 is 0.302 bits per heavy atom. The molecule has 0 aliphatic heterocycles. The topological polar surface area (TPSA) is 38.7 Å². The molecule has 0 saturated carbocycles. The molecule has 0 bridgehead atoms. The third kappa shape index (κ3) is 7.41. The zero-order valence-electron chi connectivity index (χ0n) is 36.9. The normalized spacial score (nSPS) is 13.0. The SMILES string of the molecule is C[Si](C)(C)c1ccc(C2(c3ccc([Si](C)(C)C)cc3)c3ccccc3-c3ccc(-c4cccc(-c5nc(-c6ccccc6)nc(-c6ccc(-c7ccccc7)cc6)n5)c4)cc32)cc1. The van der Waals surface area contributed by atoms with E-state index in [4.69, 9.17) is 15.0 Å². The van der Waals surface area contributed by atoms with Crippen molar-refractivity contribution >= 4 is 26.5 Å². The predicted molar refractivity (Wildman–Crippen MR) is 270 cm³/mol. The summed E-state index contributed by atoms with van der Waals surface area (Å²) in [5.74, 6) is 1.93. The molecule has 0 atom stereocenters. The highest BCUT2D eigenvalue weighted by molar-refractivity contribution is 6.89. The molecule has 0 spiro atoms. The highest BCUT2D eigenvalue weighted by atomic mass is 28.3. The monoisotopic (exact) mass is 845 g/mol. The Balaban J connectivity index is 1.12. The van der Waals surface area contributed by atoms with Crippen molar-refractivity contribution in [2.75, 3.05) is 0 Å². The van der Waals surface area contributed by atoms with Crippen LogP contribution in [0.25, 0.3) is 67.5 Å². The van der Waals surface area contributed by atoms with Crippen LogP contribution in [-0.4, -0.2) is 31.1 Å². The van der Waals surface area contributed by atoms with Crippen molar-refractivity contribution < 1.29 is 0 Å². The molecule has 5 heteroatoms. The van der Waals surface area contributed by atoms with Crippen molar-refractivity contribution in [2.24, 2.45) is 0 Å². The van der Waals surface area contributed by atoms with Crippen molar-refractivity contribution in [3.63, 3.8) is 0 Å². The summed E-state index contributed by atoms with van der Waals surface area (Å²) in [6.45, 7) is 14.6. The lowest BCUT2D eigenvalue weighted by Gasteiger charge is -2.35. The van der Waals surface area contributed by atoms with Gasteiger partial charge in [0, 0.05) is 16.7 Å². The van der Waals surface area contributed by atoms with Crippen LogP contribution in [-0.2, 0) is 5.41 Å². The molecule has 0 amide bonds. The Morgan fingerprint density at radius 2 is 0.698 bits per heavy atom. The molecule has 0 N–H and O–H groups in total. The quantitative estimate of drug-likeness (QED) is 0.136. The molecule has 0 fully saturated rings. The number of hydrogen-bond acceptors (Lipinski definition) is 3. The second kappa shape index (κ2) is 15.8. The van der Waals surface area contributed by atoms with E-state index in [2.05, 4.69) is 215 Å². The van der Waals surface area contributed by atoms with Crippen LogP contribution in [0.15, 0.2) is 200 Å². The van der Waals surface area contributed by atoms with Crippen molar-refractivity contribution in [1.29, 1.82) is 0 Å². The minimum atomic E-state index is -1.53. The highest BCUT2D eigenvalue weighted by Crippen LogP contribution is 2.56. The molecule has 0 unspecified atom stereocenters. The van der Waals surface area contributed by atoms with Crippen LogP contribution in [0.3, 0.4) is 0 Å². The second-order valence-corrected chi connectivity index (χ2v) is 29.1. The van der Waals surface area contributed by atoms with Crippen LogP contribution in [0.1, 0.15) is 22.3 Å². The Morgan fingerprint density at radius 3 is 1.27 bits per heavy atom. The first-order chi connectivity index (χ1) is 30.5. The van der Waals surface area contributed by atoms with E-state index in [0.29, 0.717) is 17.5 Å². The van der Waals surface area contributed by atoms with Gasteiger partial charge in [-0.2, -0.15) is 0 Å². The van der Waals surface area contributed by atoms with Gasteiger partial charge in [0.15, 0.2) is 17.5 Å². The van der Waals surface area contributed by atoms with E-state index in [-0.39, 0.29) is 0 Å². The number of hydrogen-bond donors (Lipinski definition) is 0. The second-order valence-electron chi connectivity index (χ2n) is 18.9. The first-order valence-electron chi connectivity index (χ1n) is 22.0. The predicted octanol–water partition coefficient (Wildman–Crippen LogP) is 13.7. The Kier molecular flexibility index (Phi) is 10.1. The van der Waals surface area contributed by atoms with Gasteiger partial charge in [0.2, 0.25) is 0 Å². The Bertz CT molecular complexity index is 3030. The fraction of sp³-hybridized carbons (Fsp3) is 0.121. The summed E-state index contributed by atoms with van der Waals surface area (Å²) < 4.78 is 0. The molecular formula is C58H51N3Si2. The molecule has 9 aromatic rings. The Labute approximate surface area is 374 Å². The number of rotatable bonds is 9. The summed E-state index contributed by atoms with van der Waals surface area (Å²) in [7, 11) is -3.06. The van der Waals surface area contributed by atoms with E-state index in [1.54, 1.807) is 0 Å². The molecule has 1 aromatic heterocycles. The molecule has 306 valence electrons. The summed E-state index contributed by atoms with van der Waals surface area (Å²) in [6, 6.07) is 73.2.